The van der Waals surface area contributed by atoms with E-state index >= 15 is 0 Å². The van der Waals surface area contributed by atoms with Gasteiger partial charge in [-0.15, -0.1) is 0 Å². The maximum Gasteiger partial charge on any atom is 0.290 e. The van der Waals surface area contributed by atoms with Crippen molar-refractivity contribution in [3.05, 3.63) is 65.3 Å². The van der Waals surface area contributed by atoms with Crippen LogP contribution in [0.2, 0.25) is 0 Å². The zero-order chi connectivity index (χ0) is 14.9. The molecule has 1 N–H and O–H groups in total. The number of H-pyrrole nitrogens is 1. The Morgan fingerprint density at radius 1 is 1.09 bits per heavy atom. The molecule has 0 atom stereocenters. The summed E-state index contributed by atoms with van der Waals surface area (Å²) in [5, 5.41) is 11.3. The van der Waals surface area contributed by atoms with E-state index in [1.807, 2.05) is 30.3 Å². The lowest BCUT2D eigenvalue weighted by Crippen LogP contribution is -2.13. The molecule has 0 spiro atoms. The fourth-order valence-electron chi connectivity index (χ4n) is 2.25. The first kappa shape index (κ1) is 12.4. The molecule has 3 aromatic heterocycles. The van der Waals surface area contributed by atoms with Gasteiger partial charge in [-0.25, -0.2) is 19.7 Å². The van der Waals surface area contributed by atoms with E-state index in [-0.39, 0.29) is 11.1 Å². The number of benzene rings is 1. The van der Waals surface area contributed by atoms with Crippen LogP contribution in [-0.2, 0) is 0 Å². The summed E-state index contributed by atoms with van der Waals surface area (Å²) in [7, 11) is 0. The molecule has 1 aromatic carbocycles. The molecular formula is C15H10N6O. The third kappa shape index (κ3) is 1.96. The summed E-state index contributed by atoms with van der Waals surface area (Å²) in [6.45, 7) is 0. The third-order valence-corrected chi connectivity index (χ3v) is 3.27. The van der Waals surface area contributed by atoms with Crippen LogP contribution in [0, 0.1) is 0 Å². The Morgan fingerprint density at radius 3 is 2.73 bits per heavy atom. The molecule has 0 aliphatic heterocycles. The van der Waals surface area contributed by atoms with Gasteiger partial charge in [-0.2, -0.15) is 10.2 Å². The van der Waals surface area contributed by atoms with E-state index in [4.69, 9.17) is 0 Å². The minimum Gasteiger partial charge on any atom is -0.266 e. The Balaban J connectivity index is 1.99. The van der Waals surface area contributed by atoms with Crippen LogP contribution < -0.4 is 5.56 Å². The number of hydrogen-bond donors (Lipinski definition) is 1. The highest BCUT2D eigenvalue weighted by Gasteiger charge is 2.12. The summed E-state index contributed by atoms with van der Waals surface area (Å²) in [6.07, 6.45) is 4.94. The molecule has 106 valence electrons. The summed E-state index contributed by atoms with van der Waals surface area (Å²) in [5.41, 5.74) is 1.46. The first-order chi connectivity index (χ1) is 10.8. The molecule has 4 aromatic rings. The number of nitrogens with zero attached hydrogens (tertiary/aromatic N) is 5. The maximum absolute atomic E-state index is 12.0. The molecule has 0 unspecified atom stereocenters. The van der Waals surface area contributed by atoms with Gasteiger partial charge in [0, 0.05) is 24.2 Å². The molecule has 0 fully saturated rings. The van der Waals surface area contributed by atoms with Crippen molar-refractivity contribution < 1.29 is 0 Å². The van der Waals surface area contributed by atoms with E-state index in [1.165, 1.54) is 4.68 Å². The van der Waals surface area contributed by atoms with Crippen LogP contribution in [0.25, 0.3) is 28.1 Å². The number of nitrogens with one attached hydrogen (secondary N) is 1. The Labute approximate surface area is 124 Å². The molecule has 3 heterocycles. The van der Waals surface area contributed by atoms with Crippen LogP contribution >= 0.6 is 0 Å². The van der Waals surface area contributed by atoms with Gasteiger partial charge in [0.25, 0.3) is 11.5 Å². The van der Waals surface area contributed by atoms with E-state index in [9.17, 15) is 4.79 Å². The van der Waals surface area contributed by atoms with E-state index in [1.54, 1.807) is 24.7 Å². The first-order valence-corrected chi connectivity index (χ1v) is 6.64. The van der Waals surface area contributed by atoms with Gasteiger partial charge in [0.15, 0.2) is 0 Å². The predicted octanol–water partition coefficient (Wildman–Crippen LogP) is 1.57. The molecule has 0 saturated heterocycles. The molecule has 0 amide bonds. The predicted molar refractivity (Wildman–Crippen MR) is 80.5 cm³/mol. The average molecular weight is 290 g/mol. The van der Waals surface area contributed by atoms with E-state index in [0.29, 0.717) is 17.0 Å². The zero-order valence-electron chi connectivity index (χ0n) is 11.3. The van der Waals surface area contributed by atoms with Crippen LogP contribution in [0.5, 0.6) is 0 Å². The van der Waals surface area contributed by atoms with Crippen molar-refractivity contribution in [3.63, 3.8) is 0 Å². The zero-order valence-corrected chi connectivity index (χ0v) is 11.3. The van der Waals surface area contributed by atoms with Crippen LogP contribution in [0.15, 0.2) is 59.8 Å². The summed E-state index contributed by atoms with van der Waals surface area (Å²) < 4.78 is 1.50. The van der Waals surface area contributed by atoms with Gasteiger partial charge in [0.2, 0.25) is 0 Å². The number of fused-ring (bicyclic) bond motifs is 1. The second kappa shape index (κ2) is 4.88. The highest BCUT2D eigenvalue weighted by molar-refractivity contribution is 5.90. The van der Waals surface area contributed by atoms with Crippen LogP contribution in [0.1, 0.15) is 0 Å². The standard InChI is InChI=1S/C15H10N6O/c22-14-13-11(9-16-15(18-13)21-8-4-7-17-21)12(19-20-14)10-5-2-1-3-6-10/h1-9H,(H,20,22). The average Bonchev–Trinajstić information content (AvgIpc) is 3.10. The fourth-order valence-corrected chi connectivity index (χ4v) is 2.25. The van der Waals surface area contributed by atoms with Crippen molar-refractivity contribution in [2.75, 3.05) is 0 Å². The normalized spacial score (nSPS) is 10.9. The molecule has 0 radical (unpaired) electrons. The van der Waals surface area contributed by atoms with Gasteiger partial charge in [-0.3, -0.25) is 4.79 Å². The van der Waals surface area contributed by atoms with Gasteiger partial charge >= 0.3 is 0 Å². The second-order valence-electron chi connectivity index (χ2n) is 4.65. The van der Waals surface area contributed by atoms with Crippen LogP contribution in [-0.4, -0.2) is 29.9 Å². The number of aromatic nitrogens is 6. The summed E-state index contributed by atoms with van der Waals surface area (Å²) in [4.78, 5) is 20.6. The van der Waals surface area contributed by atoms with Crippen molar-refractivity contribution in [2.45, 2.75) is 0 Å². The minimum absolute atomic E-state index is 0.286. The minimum atomic E-state index is -0.356. The van der Waals surface area contributed by atoms with Gasteiger partial charge in [0.1, 0.15) is 11.2 Å². The van der Waals surface area contributed by atoms with Crippen molar-refractivity contribution in [3.8, 4) is 17.2 Å². The fraction of sp³-hybridized carbons (Fsp3) is 0. The SMILES string of the molecule is O=c1[nH]nc(-c2ccccc2)c2cnc(-n3cccn3)nc12. The van der Waals surface area contributed by atoms with Crippen molar-refractivity contribution in [1.29, 1.82) is 0 Å². The number of rotatable bonds is 2. The molecule has 7 heteroatoms. The van der Waals surface area contributed by atoms with Crippen molar-refractivity contribution in [2.24, 2.45) is 0 Å². The lowest BCUT2D eigenvalue weighted by Gasteiger charge is -2.05. The summed E-state index contributed by atoms with van der Waals surface area (Å²) in [5.74, 6) is 0.341. The second-order valence-corrected chi connectivity index (χ2v) is 4.65. The lowest BCUT2D eigenvalue weighted by atomic mass is 10.1. The van der Waals surface area contributed by atoms with Crippen LogP contribution in [0.3, 0.4) is 0 Å². The lowest BCUT2D eigenvalue weighted by molar-refractivity contribution is 0.813. The van der Waals surface area contributed by atoms with E-state index in [2.05, 4.69) is 25.3 Å². The Bertz CT molecular complexity index is 992. The smallest absolute Gasteiger partial charge is 0.266 e. The Morgan fingerprint density at radius 2 is 1.95 bits per heavy atom. The van der Waals surface area contributed by atoms with E-state index in [0.717, 1.165) is 5.56 Å². The highest BCUT2D eigenvalue weighted by Crippen LogP contribution is 2.22. The van der Waals surface area contributed by atoms with Gasteiger partial charge in [-0.1, -0.05) is 30.3 Å². The molecule has 0 aliphatic rings. The summed E-state index contributed by atoms with van der Waals surface area (Å²) in [6, 6.07) is 11.3. The Hall–Kier alpha value is -3.35. The molecule has 22 heavy (non-hydrogen) atoms. The largest absolute Gasteiger partial charge is 0.290 e. The quantitative estimate of drug-likeness (QED) is 0.605. The summed E-state index contributed by atoms with van der Waals surface area (Å²) >= 11 is 0. The van der Waals surface area contributed by atoms with Gasteiger partial charge in [0.05, 0.1) is 5.39 Å². The molecule has 0 saturated carbocycles. The third-order valence-electron chi connectivity index (χ3n) is 3.27. The topological polar surface area (TPSA) is 89.4 Å². The maximum atomic E-state index is 12.0. The molecule has 0 aliphatic carbocycles. The molecule has 7 nitrogen and oxygen atoms in total. The molecule has 0 bridgehead atoms. The molecule has 4 rings (SSSR count). The van der Waals surface area contributed by atoms with Gasteiger partial charge < -0.3 is 0 Å². The first-order valence-electron chi connectivity index (χ1n) is 6.64. The monoisotopic (exact) mass is 290 g/mol. The Kier molecular flexibility index (Phi) is 2.75. The van der Waals surface area contributed by atoms with Crippen LogP contribution in [0.4, 0.5) is 0 Å². The van der Waals surface area contributed by atoms with E-state index < -0.39 is 0 Å². The highest BCUT2D eigenvalue weighted by atomic mass is 16.1. The van der Waals surface area contributed by atoms with Crippen molar-refractivity contribution >= 4 is 10.9 Å². The number of aromatic amines is 1. The molecular weight excluding hydrogens is 280 g/mol. The number of hydrogen-bond acceptors (Lipinski definition) is 5. The van der Waals surface area contributed by atoms with Gasteiger partial charge in [-0.05, 0) is 6.07 Å². The van der Waals surface area contributed by atoms with Crippen molar-refractivity contribution in [1.82, 2.24) is 29.9 Å².